The fourth-order valence-electron chi connectivity index (χ4n) is 4.04. The first kappa shape index (κ1) is 24.8. The smallest absolute Gasteiger partial charge is 0.235 e. The van der Waals surface area contributed by atoms with E-state index in [0.717, 1.165) is 36.8 Å². The van der Waals surface area contributed by atoms with Crippen molar-refractivity contribution in [2.75, 3.05) is 11.1 Å². The van der Waals surface area contributed by atoms with Gasteiger partial charge in [-0.15, -0.1) is 28.1 Å². The summed E-state index contributed by atoms with van der Waals surface area (Å²) in [6.45, 7) is 6.49. The highest BCUT2D eigenvalue weighted by atomic mass is 35.5. The first-order chi connectivity index (χ1) is 16.4. The minimum Gasteiger partial charge on any atom is -0.316 e. The van der Waals surface area contributed by atoms with Crippen molar-refractivity contribution in [2.24, 2.45) is 5.92 Å². The zero-order chi connectivity index (χ0) is 24.2. The van der Waals surface area contributed by atoms with Crippen molar-refractivity contribution in [1.29, 1.82) is 5.26 Å². The highest BCUT2D eigenvalue weighted by molar-refractivity contribution is 7.99. The summed E-state index contributed by atoms with van der Waals surface area (Å²) in [6.07, 6.45) is 5.86. The van der Waals surface area contributed by atoms with Crippen LogP contribution in [0.3, 0.4) is 0 Å². The molecule has 2 heterocycles. The number of carbonyl (C=O) groups excluding carboxylic acids is 1. The molecule has 0 radical (unpaired) electrons. The van der Waals surface area contributed by atoms with Gasteiger partial charge in [0.1, 0.15) is 11.1 Å². The number of nitriles is 1. The number of hydrogen-bond donors (Lipinski definition) is 1. The molecule has 0 saturated heterocycles. The van der Waals surface area contributed by atoms with Gasteiger partial charge in [-0.2, -0.15) is 5.26 Å². The quantitative estimate of drug-likeness (QED) is 0.261. The van der Waals surface area contributed by atoms with E-state index in [4.69, 9.17) is 23.2 Å². The number of benzene rings is 1. The molecule has 1 aliphatic rings. The summed E-state index contributed by atoms with van der Waals surface area (Å²) < 4.78 is 1.87. The SMILES string of the molecule is C=CCn1c(SCC(=O)Nc2sc3c(c2C#N)CCC(CC)C3)nnc1-c1ccc(Cl)c(Cl)c1. The van der Waals surface area contributed by atoms with E-state index >= 15 is 0 Å². The van der Waals surface area contributed by atoms with Gasteiger partial charge in [-0.1, -0.05) is 54.4 Å². The van der Waals surface area contributed by atoms with Crippen LogP contribution in [-0.4, -0.2) is 26.4 Å². The standard InChI is InChI=1S/C24H23Cl2N5OS2/c1-3-9-31-22(15-6-8-18(25)19(26)11-15)29-30-24(31)33-13-21(32)28-23-17(12-27)16-7-5-14(4-2)10-20(16)34-23/h3,6,8,11,14H,1,4-5,7,9-10,13H2,2H3,(H,28,32). The van der Waals surface area contributed by atoms with Gasteiger partial charge in [0.15, 0.2) is 11.0 Å². The second-order valence-corrected chi connectivity index (χ2v) is 10.9. The Morgan fingerprint density at radius 1 is 1.41 bits per heavy atom. The maximum Gasteiger partial charge on any atom is 0.235 e. The van der Waals surface area contributed by atoms with Crippen LogP contribution in [0.5, 0.6) is 0 Å². The Bertz CT molecular complexity index is 1280. The van der Waals surface area contributed by atoms with Gasteiger partial charge in [0.05, 0.1) is 21.4 Å². The topological polar surface area (TPSA) is 83.6 Å². The lowest BCUT2D eigenvalue weighted by Crippen LogP contribution is -2.15. The number of thiophene rings is 1. The van der Waals surface area contributed by atoms with E-state index in [2.05, 4.69) is 35.1 Å². The van der Waals surface area contributed by atoms with Crippen LogP contribution in [0.1, 0.15) is 35.8 Å². The van der Waals surface area contributed by atoms with Crippen molar-refractivity contribution < 1.29 is 4.79 Å². The molecule has 1 amide bonds. The first-order valence-corrected chi connectivity index (χ1v) is 13.5. The predicted octanol–water partition coefficient (Wildman–Crippen LogP) is 6.62. The largest absolute Gasteiger partial charge is 0.316 e. The molecule has 1 unspecified atom stereocenters. The number of thioether (sulfide) groups is 1. The Morgan fingerprint density at radius 3 is 2.94 bits per heavy atom. The number of fused-ring (bicyclic) bond motifs is 1. The molecule has 0 spiro atoms. The molecule has 1 atom stereocenters. The molecule has 4 rings (SSSR count). The van der Waals surface area contributed by atoms with Gasteiger partial charge in [0.2, 0.25) is 5.91 Å². The molecule has 1 aromatic carbocycles. The van der Waals surface area contributed by atoms with E-state index in [9.17, 15) is 10.1 Å². The molecule has 3 aromatic rings. The third kappa shape index (κ3) is 5.18. The number of allylic oxidation sites excluding steroid dienone is 1. The number of aromatic nitrogens is 3. The van der Waals surface area contributed by atoms with E-state index in [0.29, 0.717) is 44.1 Å². The highest BCUT2D eigenvalue weighted by Crippen LogP contribution is 2.40. The molecule has 2 aromatic heterocycles. The summed E-state index contributed by atoms with van der Waals surface area (Å²) in [5.41, 5.74) is 2.50. The van der Waals surface area contributed by atoms with Crippen LogP contribution in [0.25, 0.3) is 11.4 Å². The predicted molar refractivity (Wildman–Crippen MR) is 140 cm³/mol. The van der Waals surface area contributed by atoms with E-state index in [1.54, 1.807) is 18.2 Å². The molecule has 0 fully saturated rings. The number of hydrogen-bond acceptors (Lipinski definition) is 6. The molecule has 0 saturated carbocycles. The van der Waals surface area contributed by atoms with E-state index in [1.165, 1.54) is 28.0 Å². The van der Waals surface area contributed by atoms with Crippen LogP contribution in [-0.2, 0) is 24.2 Å². The van der Waals surface area contributed by atoms with Gasteiger partial charge >= 0.3 is 0 Å². The molecule has 0 aliphatic heterocycles. The van der Waals surface area contributed by atoms with Crippen LogP contribution in [0.15, 0.2) is 36.0 Å². The zero-order valence-corrected chi connectivity index (χ0v) is 21.8. The number of nitrogens with zero attached hydrogens (tertiary/aromatic N) is 4. The fraction of sp³-hybridized carbons (Fsp3) is 0.333. The van der Waals surface area contributed by atoms with Crippen molar-refractivity contribution in [1.82, 2.24) is 14.8 Å². The summed E-state index contributed by atoms with van der Waals surface area (Å²) in [7, 11) is 0. The normalized spacial score (nSPS) is 14.9. The second kappa shape index (κ2) is 11.0. The fourth-order valence-corrected chi connectivity index (χ4v) is 6.41. The number of rotatable bonds is 8. The monoisotopic (exact) mass is 531 g/mol. The Kier molecular flexibility index (Phi) is 7.99. The molecule has 0 bridgehead atoms. The van der Waals surface area contributed by atoms with Crippen molar-refractivity contribution in [3.8, 4) is 17.5 Å². The average Bonchev–Trinajstić information content (AvgIpc) is 3.39. The Balaban J connectivity index is 1.48. The number of carbonyl (C=O) groups is 1. The van der Waals surface area contributed by atoms with Crippen molar-refractivity contribution in [3.63, 3.8) is 0 Å². The number of anilines is 1. The minimum atomic E-state index is -0.184. The Hall–Kier alpha value is -2.31. The highest BCUT2D eigenvalue weighted by Gasteiger charge is 2.26. The van der Waals surface area contributed by atoms with Crippen LogP contribution in [0, 0.1) is 17.2 Å². The third-order valence-corrected chi connectivity index (χ3v) is 8.72. The van der Waals surface area contributed by atoms with Gasteiger partial charge in [-0.3, -0.25) is 9.36 Å². The molecule has 1 aliphatic carbocycles. The zero-order valence-electron chi connectivity index (χ0n) is 18.6. The maximum absolute atomic E-state index is 12.8. The van der Waals surface area contributed by atoms with Crippen LogP contribution >= 0.6 is 46.3 Å². The first-order valence-electron chi connectivity index (χ1n) is 10.9. The summed E-state index contributed by atoms with van der Waals surface area (Å²) in [6, 6.07) is 7.57. The minimum absolute atomic E-state index is 0.141. The van der Waals surface area contributed by atoms with Crippen molar-refractivity contribution in [3.05, 3.63) is 56.9 Å². The molecular formula is C24H23Cl2N5OS2. The number of nitrogens with one attached hydrogen (secondary N) is 1. The molecule has 34 heavy (non-hydrogen) atoms. The van der Waals surface area contributed by atoms with Gasteiger partial charge < -0.3 is 5.32 Å². The lowest BCUT2D eigenvalue weighted by molar-refractivity contribution is -0.113. The summed E-state index contributed by atoms with van der Waals surface area (Å²) in [5.74, 6) is 1.22. The lowest BCUT2D eigenvalue weighted by atomic mass is 9.86. The Morgan fingerprint density at radius 2 is 2.24 bits per heavy atom. The number of amides is 1. The Labute approximate surface area is 217 Å². The van der Waals surface area contributed by atoms with Gasteiger partial charge in [0.25, 0.3) is 0 Å². The molecule has 1 N–H and O–H groups in total. The molecule has 6 nitrogen and oxygen atoms in total. The van der Waals surface area contributed by atoms with Crippen LogP contribution in [0.4, 0.5) is 5.00 Å². The molecule has 10 heteroatoms. The van der Waals surface area contributed by atoms with Gasteiger partial charge in [0, 0.05) is 17.0 Å². The van der Waals surface area contributed by atoms with E-state index in [-0.39, 0.29) is 11.7 Å². The third-order valence-electron chi connectivity index (χ3n) is 5.85. The lowest BCUT2D eigenvalue weighted by Gasteiger charge is -2.20. The summed E-state index contributed by atoms with van der Waals surface area (Å²) >= 11 is 15.0. The molecule has 176 valence electrons. The van der Waals surface area contributed by atoms with E-state index < -0.39 is 0 Å². The molecular weight excluding hydrogens is 509 g/mol. The van der Waals surface area contributed by atoms with Gasteiger partial charge in [-0.05, 0) is 48.9 Å². The van der Waals surface area contributed by atoms with E-state index in [1.807, 2.05) is 10.6 Å². The van der Waals surface area contributed by atoms with Gasteiger partial charge in [-0.25, -0.2) is 0 Å². The van der Waals surface area contributed by atoms with Crippen LogP contribution < -0.4 is 5.32 Å². The summed E-state index contributed by atoms with van der Waals surface area (Å²) in [4.78, 5) is 14.0. The van der Waals surface area contributed by atoms with Crippen molar-refractivity contribution >= 4 is 57.2 Å². The maximum atomic E-state index is 12.8. The summed E-state index contributed by atoms with van der Waals surface area (Å²) in [5, 5.41) is 23.3. The number of halogens is 2. The van der Waals surface area contributed by atoms with Crippen molar-refractivity contribution in [2.45, 2.75) is 44.3 Å². The second-order valence-electron chi connectivity index (χ2n) is 8.01. The van der Waals surface area contributed by atoms with Crippen LogP contribution in [0.2, 0.25) is 10.0 Å². The average molecular weight is 533 g/mol.